The van der Waals surface area contributed by atoms with E-state index >= 15 is 0 Å². The van der Waals surface area contributed by atoms with Crippen LogP contribution >= 0.6 is 34.2 Å². The van der Waals surface area contributed by atoms with Gasteiger partial charge in [0.2, 0.25) is 0 Å². The number of anilines is 1. The topological polar surface area (TPSA) is 64.1 Å². The number of carbonyl (C=O) groups is 1. The molecule has 2 aromatic heterocycles. The van der Waals surface area contributed by atoms with Crippen LogP contribution in [0.5, 0.6) is 5.75 Å². The Morgan fingerprint density at radius 3 is 2.83 bits per heavy atom. The lowest BCUT2D eigenvalue weighted by Gasteiger charge is -2.12. The number of fused-ring (bicyclic) bond motifs is 1. The van der Waals surface area contributed by atoms with Gasteiger partial charge >= 0.3 is 0 Å². The highest BCUT2D eigenvalue weighted by molar-refractivity contribution is 14.1. The summed E-state index contributed by atoms with van der Waals surface area (Å²) in [5.41, 5.74) is 1.52. The van der Waals surface area contributed by atoms with Crippen LogP contribution in [0.15, 0.2) is 42.7 Å². The van der Waals surface area contributed by atoms with Crippen LogP contribution in [0.3, 0.4) is 0 Å². The second-order valence-electron chi connectivity index (χ2n) is 5.07. The van der Waals surface area contributed by atoms with Crippen molar-refractivity contribution in [1.29, 1.82) is 0 Å². The summed E-state index contributed by atoms with van der Waals surface area (Å²) in [6.45, 7) is 1.74. The van der Waals surface area contributed by atoms with E-state index in [0.717, 1.165) is 14.5 Å². The summed E-state index contributed by atoms with van der Waals surface area (Å²) in [5, 5.41) is 4.12. The number of amides is 1. The smallest absolute Gasteiger partial charge is 0.263 e. The third-order valence-electron chi connectivity index (χ3n) is 3.37. The maximum atomic E-state index is 12.1. The first kappa shape index (κ1) is 16.9. The molecule has 1 N–H and O–H groups in total. The Bertz CT molecular complexity index is 917. The number of ether oxygens (including phenoxy) is 1. The number of hydrogen-bond donors (Lipinski definition) is 1. The largest absolute Gasteiger partial charge is 0.480 e. The van der Waals surface area contributed by atoms with Gasteiger partial charge in [0.15, 0.2) is 12.4 Å². The molecule has 24 heavy (non-hydrogen) atoms. The highest BCUT2D eigenvalue weighted by Gasteiger charge is 2.14. The van der Waals surface area contributed by atoms with Crippen LogP contribution < -0.4 is 10.1 Å². The molecule has 0 saturated carbocycles. The maximum Gasteiger partial charge on any atom is 0.263 e. The zero-order chi connectivity index (χ0) is 17.1. The fourth-order valence-corrected chi connectivity index (χ4v) is 3.37. The Balaban J connectivity index is 1.79. The molecule has 0 spiro atoms. The van der Waals surface area contributed by atoms with Gasteiger partial charge < -0.3 is 10.1 Å². The van der Waals surface area contributed by atoms with Gasteiger partial charge in [-0.05, 0) is 59.3 Å². The molecule has 0 unspecified atom stereocenters. The molecule has 0 saturated heterocycles. The van der Waals surface area contributed by atoms with E-state index in [2.05, 4.69) is 37.9 Å². The molecule has 0 bridgehead atoms. The van der Waals surface area contributed by atoms with Crippen molar-refractivity contribution in [2.75, 3.05) is 11.9 Å². The molecule has 3 rings (SSSR count). The number of halogens is 2. The molecule has 122 valence electrons. The lowest BCUT2D eigenvalue weighted by molar-refractivity contribution is -0.118. The van der Waals surface area contributed by atoms with Crippen molar-refractivity contribution in [3.8, 4) is 5.75 Å². The molecule has 0 aliphatic carbocycles. The van der Waals surface area contributed by atoms with Gasteiger partial charge in [0.25, 0.3) is 5.91 Å². The summed E-state index contributed by atoms with van der Waals surface area (Å²) in [6, 6.07) is 9.16. The average Bonchev–Trinajstić information content (AvgIpc) is 2.57. The molecule has 5 nitrogen and oxygen atoms in total. The van der Waals surface area contributed by atoms with E-state index in [0.29, 0.717) is 22.1 Å². The van der Waals surface area contributed by atoms with Crippen molar-refractivity contribution in [2.24, 2.45) is 0 Å². The number of benzene rings is 1. The molecule has 7 heteroatoms. The van der Waals surface area contributed by atoms with Crippen LogP contribution in [-0.2, 0) is 4.79 Å². The van der Waals surface area contributed by atoms with Gasteiger partial charge in [-0.25, -0.2) is 4.98 Å². The van der Waals surface area contributed by atoms with Crippen molar-refractivity contribution in [3.05, 3.63) is 56.9 Å². The number of pyridine rings is 2. The van der Waals surface area contributed by atoms with Crippen molar-refractivity contribution >= 4 is 56.8 Å². The molecule has 1 aromatic carbocycles. The highest BCUT2D eigenvalue weighted by Crippen LogP contribution is 2.34. The van der Waals surface area contributed by atoms with Gasteiger partial charge in [0, 0.05) is 17.8 Å². The first-order valence-corrected chi connectivity index (χ1v) is 8.59. The van der Waals surface area contributed by atoms with E-state index in [1.165, 1.54) is 0 Å². The summed E-state index contributed by atoms with van der Waals surface area (Å²) >= 11 is 8.35. The highest BCUT2D eigenvalue weighted by atomic mass is 127. The van der Waals surface area contributed by atoms with E-state index in [4.69, 9.17) is 16.3 Å². The van der Waals surface area contributed by atoms with E-state index < -0.39 is 0 Å². The number of aromatic nitrogens is 2. The van der Waals surface area contributed by atoms with E-state index in [1.807, 2.05) is 25.1 Å². The molecule has 0 aliphatic rings. The van der Waals surface area contributed by atoms with Crippen LogP contribution in [0.1, 0.15) is 5.56 Å². The lowest BCUT2D eigenvalue weighted by Crippen LogP contribution is -2.21. The second-order valence-corrected chi connectivity index (χ2v) is 6.64. The second kappa shape index (κ2) is 7.31. The molecule has 0 aliphatic heterocycles. The zero-order valence-corrected chi connectivity index (χ0v) is 15.6. The SMILES string of the molecule is Cc1cccnc1NC(=O)COc1c(I)cc(Cl)c2cccnc12. The lowest BCUT2D eigenvalue weighted by atomic mass is 10.2. The maximum absolute atomic E-state index is 12.1. The van der Waals surface area contributed by atoms with Crippen LogP contribution in [-0.4, -0.2) is 22.5 Å². The number of nitrogens with one attached hydrogen (secondary N) is 1. The van der Waals surface area contributed by atoms with Crippen molar-refractivity contribution in [1.82, 2.24) is 9.97 Å². The Morgan fingerprint density at radius 1 is 1.29 bits per heavy atom. The Labute approximate surface area is 157 Å². The Morgan fingerprint density at radius 2 is 2.04 bits per heavy atom. The monoisotopic (exact) mass is 453 g/mol. The molecule has 0 fully saturated rings. The van der Waals surface area contributed by atoms with Gasteiger partial charge in [0.1, 0.15) is 11.3 Å². The summed E-state index contributed by atoms with van der Waals surface area (Å²) in [5.74, 6) is 0.787. The molecule has 0 atom stereocenters. The van der Waals surface area contributed by atoms with Crippen LogP contribution in [0.2, 0.25) is 5.02 Å². The van der Waals surface area contributed by atoms with Crippen LogP contribution in [0.25, 0.3) is 10.9 Å². The minimum absolute atomic E-state index is 0.140. The quantitative estimate of drug-likeness (QED) is 0.601. The van der Waals surface area contributed by atoms with Gasteiger partial charge in [-0.15, -0.1) is 0 Å². The average molecular weight is 454 g/mol. The zero-order valence-electron chi connectivity index (χ0n) is 12.7. The van der Waals surface area contributed by atoms with Crippen LogP contribution in [0.4, 0.5) is 5.82 Å². The van der Waals surface area contributed by atoms with Crippen LogP contribution in [0, 0.1) is 10.5 Å². The Hall–Kier alpha value is -1.93. The van der Waals surface area contributed by atoms with Gasteiger partial charge in [-0.1, -0.05) is 17.7 Å². The molecule has 2 heterocycles. The number of rotatable bonds is 4. The Kier molecular flexibility index (Phi) is 5.15. The standard InChI is InChI=1S/C17H13ClIN3O2/c1-10-4-2-7-21-17(10)22-14(23)9-24-16-13(19)8-12(18)11-5-3-6-20-15(11)16/h2-8H,9H2,1H3,(H,21,22,23). The number of hydrogen-bond acceptors (Lipinski definition) is 4. The summed E-state index contributed by atoms with van der Waals surface area (Å²) in [6.07, 6.45) is 3.29. The normalized spacial score (nSPS) is 10.6. The van der Waals surface area contributed by atoms with Gasteiger partial charge in [0.05, 0.1) is 8.59 Å². The van der Waals surface area contributed by atoms with Crippen molar-refractivity contribution in [2.45, 2.75) is 6.92 Å². The fourth-order valence-electron chi connectivity index (χ4n) is 2.21. The minimum Gasteiger partial charge on any atom is -0.480 e. The third-order valence-corrected chi connectivity index (χ3v) is 4.48. The first-order valence-electron chi connectivity index (χ1n) is 7.13. The number of nitrogens with zero attached hydrogens (tertiary/aromatic N) is 2. The summed E-state index contributed by atoms with van der Waals surface area (Å²) in [7, 11) is 0. The minimum atomic E-state index is -0.286. The van der Waals surface area contributed by atoms with Gasteiger partial charge in [-0.3, -0.25) is 9.78 Å². The predicted molar refractivity (Wildman–Crippen MR) is 103 cm³/mol. The van der Waals surface area contributed by atoms with Crippen molar-refractivity contribution < 1.29 is 9.53 Å². The predicted octanol–water partition coefficient (Wildman–Crippen LogP) is 4.21. The fraction of sp³-hybridized carbons (Fsp3) is 0.118. The molecule has 0 radical (unpaired) electrons. The molecule has 3 aromatic rings. The first-order chi connectivity index (χ1) is 11.6. The summed E-state index contributed by atoms with van der Waals surface area (Å²) in [4.78, 5) is 20.6. The number of aryl methyl sites for hydroxylation is 1. The summed E-state index contributed by atoms with van der Waals surface area (Å²) < 4.78 is 6.51. The molecular formula is C17H13ClIN3O2. The number of carbonyl (C=O) groups excluding carboxylic acids is 1. The van der Waals surface area contributed by atoms with E-state index in [-0.39, 0.29) is 12.5 Å². The third kappa shape index (κ3) is 3.59. The molecular weight excluding hydrogens is 441 g/mol. The van der Waals surface area contributed by atoms with Gasteiger partial charge in [-0.2, -0.15) is 0 Å². The molecule has 1 amide bonds. The van der Waals surface area contributed by atoms with Crippen molar-refractivity contribution in [3.63, 3.8) is 0 Å². The van der Waals surface area contributed by atoms with E-state index in [9.17, 15) is 4.79 Å². The van der Waals surface area contributed by atoms with E-state index in [1.54, 1.807) is 24.5 Å².